The van der Waals surface area contributed by atoms with E-state index < -0.39 is 34.6 Å². The molecule has 10 nitrogen and oxygen atoms in total. The van der Waals surface area contributed by atoms with Gasteiger partial charge in [0.1, 0.15) is 12.2 Å². The lowest BCUT2D eigenvalue weighted by Gasteiger charge is -2.13. The Labute approximate surface area is 88.2 Å². The number of rotatable bonds is 4. The smallest absolute Gasteiger partial charge is 0.294 e. The molecule has 0 N–H and O–H groups in total. The molecule has 2 aliphatic rings. The van der Waals surface area contributed by atoms with Gasteiger partial charge >= 0.3 is 0 Å². The van der Waals surface area contributed by atoms with Crippen LogP contribution in [0.1, 0.15) is 0 Å². The highest BCUT2D eigenvalue weighted by Crippen LogP contribution is 2.30. The fraction of sp³-hybridized carbons (Fsp3) is 1.00. The summed E-state index contributed by atoms with van der Waals surface area (Å²) < 4.78 is 10.2. The Bertz CT molecular complexity index is 279. The van der Waals surface area contributed by atoms with Crippen molar-refractivity contribution in [3.8, 4) is 0 Å². The number of hydrogen-bond acceptors (Lipinski definition) is 8. The number of nitrogens with zero attached hydrogens (tertiary/aromatic N) is 2. The van der Waals surface area contributed by atoms with Crippen molar-refractivity contribution in [3.63, 3.8) is 0 Å². The van der Waals surface area contributed by atoms with Crippen molar-refractivity contribution in [3.05, 3.63) is 20.2 Å². The van der Waals surface area contributed by atoms with Gasteiger partial charge in [0.2, 0.25) is 0 Å². The van der Waals surface area contributed by atoms with Crippen LogP contribution in [-0.4, -0.2) is 47.8 Å². The van der Waals surface area contributed by atoms with Gasteiger partial charge < -0.3 is 19.1 Å². The standard InChI is InChI=1S/C6H8N2O8/c9-7(10)15-3-1-13-6-4(16-8(11)12)2-14-5(3)6/h3-6H,1-2H2/t3-,4?,5+,6+/m0/s1. The van der Waals surface area contributed by atoms with Gasteiger partial charge in [-0.1, -0.05) is 0 Å². The van der Waals surface area contributed by atoms with Crippen LogP contribution in [0.5, 0.6) is 0 Å². The van der Waals surface area contributed by atoms with E-state index in [0.717, 1.165) is 0 Å². The second-order valence-corrected chi connectivity index (χ2v) is 3.33. The highest BCUT2D eigenvalue weighted by Gasteiger charge is 2.51. The van der Waals surface area contributed by atoms with E-state index in [0.29, 0.717) is 0 Å². The molecule has 0 aliphatic carbocycles. The lowest BCUT2D eigenvalue weighted by molar-refractivity contribution is -0.769. The molecule has 10 heteroatoms. The molecule has 4 atom stereocenters. The molecule has 2 fully saturated rings. The molecule has 0 spiro atoms. The van der Waals surface area contributed by atoms with Crippen LogP contribution < -0.4 is 0 Å². The molecule has 2 aliphatic heterocycles. The van der Waals surface area contributed by atoms with Crippen LogP contribution in [0.3, 0.4) is 0 Å². The molecule has 0 aromatic rings. The first-order chi connectivity index (χ1) is 7.58. The molecule has 0 bridgehead atoms. The van der Waals surface area contributed by atoms with E-state index in [2.05, 4.69) is 9.68 Å². The summed E-state index contributed by atoms with van der Waals surface area (Å²) in [5, 5.41) is 18.4. The monoisotopic (exact) mass is 236 g/mol. The molecule has 2 heterocycles. The maximum absolute atomic E-state index is 10.1. The first kappa shape index (κ1) is 10.8. The minimum absolute atomic E-state index is 0.0477. The number of hydrogen-bond donors (Lipinski definition) is 0. The van der Waals surface area contributed by atoms with E-state index in [4.69, 9.17) is 9.47 Å². The largest absolute Gasteiger partial charge is 0.371 e. The van der Waals surface area contributed by atoms with Gasteiger partial charge in [-0.15, -0.1) is 20.2 Å². The Morgan fingerprint density at radius 2 is 1.31 bits per heavy atom. The zero-order valence-electron chi connectivity index (χ0n) is 7.88. The van der Waals surface area contributed by atoms with E-state index in [1.54, 1.807) is 0 Å². The molecule has 90 valence electrons. The first-order valence-corrected chi connectivity index (χ1v) is 4.43. The summed E-state index contributed by atoms with van der Waals surface area (Å²) in [6.45, 7) is -0.0955. The van der Waals surface area contributed by atoms with Gasteiger partial charge in [-0.05, 0) is 0 Å². The first-order valence-electron chi connectivity index (χ1n) is 4.43. The van der Waals surface area contributed by atoms with Crippen molar-refractivity contribution in [1.29, 1.82) is 0 Å². The second-order valence-electron chi connectivity index (χ2n) is 3.33. The van der Waals surface area contributed by atoms with Crippen LogP contribution in [0.2, 0.25) is 0 Å². The SMILES string of the molecule is O=[N+]([O-])OC1CO[C@@H]2[C@@H](O[N+](=O)[O-])CO[C@H]12. The maximum Gasteiger partial charge on any atom is 0.294 e. The molecule has 0 saturated carbocycles. The highest BCUT2D eigenvalue weighted by atomic mass is 17.0. The molecule has 2 rings (SSSR count). The Kier molecular flexibility index (Phi) is 2.75. The van der Waals surface area contributed by atoms with E-state index in [1.165, 1.54) is 0 Å². The van der Waals surface area contributed by atoms with Crippen LogP contribution in [0.25, 0.3) is 0 Å². The summed E-state index contributed by atoms with van der Waals surface area (Å²) in [5.41, 5.74) is 0. The van der Waals surface area contributed by atoms with Gasteiger partial charge in [0.15, 0.2) is 12.2 Å². The van der Waals surface area contributed by atoms with Gasteiger partial charge in [0, 0.05) is 0 Å². The van der Waals surface area contributed by atoms with Crippen molar-refractivity contribution in [2.24, 2.45) is 0 Å². The summed E-state index contributed by atoms with van der Waals surface area (Å²) >= 11 is 0. The topological polar surface area (TPSA) is 123 Å². The molecule has 1 unspecified atom stereocenters. The zero-order chi connectivity index (χ0) is 11.7. The Morgan fingerprint density at radius 3 is 1.62 bits per heavy atom. The van der Waals surface area contributed by atoms with Crippen LogP contribution in [-0.2, 0) is 19.1 Å². The summed E-state index contributed by atoms with van der Waals surface area (Å²) in [4.78, 5) is 28.9. The Hall–Kier alpha value is -1.68. The van der Waals surface area contributed by atoms with Crippen LogP contribution in [0.15, 0.2) is 0 Å². The Morgan fingerprint density at radius 1 is 0.938 bits per heavy atom. The van der Waals surface area contributed by atoms with Crippen LogP contribution in [0, 0.1) is 20.2 Å². The van der Waals surface area contributed by atoms with Crippen molar-refractivity contribution in [1.82, 2.24) is 0 Å². The highest BCUT2D eigenvalue weighted by molar-refractivity contribution is 4.94. The third kappa shape index (κ3) is 1.97. The summed E-state index contributed by atoms with van der Waals surface area (Å²) in [5.74, 6) is 0. The van der Waals surface area contributed by atoms with Gasteiger partial charge in [0.05, 0.1) is 13.2 Å². The minimum atomic E-state index is -0.943. The van der Waals surface area contributed by atoms with Gasteiger partial charge in [-0.3, -0.25) is 0 Å². The summed E-state index contributed by atoms with van der Waals surface area (Å²) in [7, 11) is 0. The fourth-order valence-corrected chi connectivity index (χ4v) is 1.83. The second kappa shape index (κ2) is 4.06. The van der Waals surface area contributed by atoms with Crippen molar-refractivity contribution in [2.75, 3.05) is 13.2 Å². The van der Waals surface area contributed by atoms with Crippen molar-refractivity contribution in [2.45, 2.75) is 24.4 Å². The average molecular weight is 236 g/mol. The third-order valence-corrected chi connectivity index (χ3v) is 2.41. The third-order valence-electron chi connectivity index (χ3n) is 2.41. The lowest BCUT2D eigenvalue weighted by Crippen LogP contribution is -2.35. The average Bonchev–Trinajstić information content (AvgIpc) is 2.70. The quantitative estimate of drug-likeness (QED) is 0.446. The van der Waals surface area contributed by atoms with E-state index in [-0.39, 0.29) is 13.2 Å². The predicted molar refractivity (Wildman–Crippen MR) is 43.2 cm³/mol. The molecular weight excluding hydrogens is 228 g/mol. The van der Waals surface area contributed by atoms with Gasteiger partial charge in [-0.25, -0.2) is 0 Å². The number of fused-ring (bicyclic) bond motifs is 1. The van der Waals surface area contributed by atoms with E-state index in [9.17, 15) is 20.2 Å². The molecule has 2 saturated heterocycles. The molecule has 0 amide bonds. The number of ether oxygens (including phenoxy) is 2. The van der Waals surface area contributed by atoms with Crippen LogP contribution >= 0.6 is 0 Å². The summed E-state index contributed by atoms with van der Waals surface area (Å²) in [6.07, 6.45) is -3.12. The normalized spacial score (nSPS) is 36.8. The predicted octanol–water partition coefficient (Wildman–Crippen LogP) is -1.06. The molecule has 0 aromatic heterocycles. The molecular formula is C6H8N2O8. The lowest BCUT2D eigenvalue weighted by atomic mass is 10.1. The van der Waals surface area contributed by atoms with Crippen molar-refractivity contribution < 1.29 is 29.3 Å². The van der Waals surface area contributed by atoms with E-state index in [1.807, 2.05) is 0 Å². The molecule has 0 radical (unpaired) electrons. The van der Waals surface area contributed by atoms with E-state index >= 15 is 0 Å². The van der Waals surface area contributed by atoms with Crippen molar-refractivity contribution >= 4 is 0 Å². The Balaban J connectivity index is 1.95. The molecule has 16 heavy (non-hydrogen) atoms. The van der Waals surface area contributed by atoms with Gasteiger partial charge in [-0.2, -0.15) is 0 Å². The summed E-state index contributed by atoms with van der Waals surface area (Å²) in [6, 6.07) is 0. The van der Waals surface area contributed by atoms with Gasteiger partial charge in [0.25, 0.3) is 10.2 Å². The fourth-order valence-electron chi connectivity index (χ4n) is 1.83. The maximum atomic E-state index is 10.1. The zero-order valence-corrected chi connectivity index (χ0v) is 7.88. The molecule has 0 aromatic carbocycles. The minimum Gasteiger partial charge on any atom is -0.371 e. The van der Waals surface area contributed by atoms with Crippen LogP contribution in [0.4, 0.5) is 0 Å².